The Morgan fingerprint density at radius 1 is 0.973 bits per heavy atom. The third kappa shape index (κ3) is 8.64. The Morgan fingerprint density at radius 2 is 1.73 bits per heavy atom. The number of carbonyl (C=O) groups is 2. The molecule has 0 aliphatic rings. The number of halogens is 1. The van der Waals surface area contributed by atoms with Crippen LogP contribution < -0.4 is 14.8 Å². The molecule has 3 rings (SSSR count). The molecule has 196 valence electrons. The van der Waals surface area contributed by atoms with Gasteiger partial charge in [0.25, 0.3) is 5.91 Å². The molecule has 0 spiro atoms. The molecule has 0 aliphatic carbocycles. The predicted octanol–water partition coefficient (Wildman–Crippen LogP) is 5.70. The summed E-state index contributed by atoms with van der Waals surface area (Å²) < 4.78 is 12.2. The summed E-state index contributed by atoms with van der Waals surface area (Å²) in [4.78, 5) is 28.8. The molecule has 0 fully saturated rings. The molecule has 6 nitrogen and oxygen atoms in total. The summed E-state index contributed by atoms with van der Waals surface area (Å²) in [6.07, 6.45) is 2.24. The molecule has 0 unspecified atom stereocenters. The van der Waals surface area contributed by atoms with Crippen molar-refractivity contribution in [2.24, 2.45) is 0 Å². The van der Waals surface area contributed by atoms with Gasteiger partial charge in [-0.2, -0.15) is 0 Å². The number of aryl methyl sites for hydroxylation is 1. The minimum Gasteiger partial charge on any atom is -0.497 e. The van der Waals surface area contributed by atoms with Gasteiger partial charge in [-0.3, -0.25) is 9.59 Å². The summed E-state index contributed by atoms with van der Waals surface area (Å²) >= 11 is 3.49. The Hall–Kier alpha value is -3.32. The SMILES string of the molecule is CCCCNC(=O)[C@@H](Cc1ccccc1)N(Cc1cccc(OC)c1)C(=O)COc1ccc(Br)c(C)c1. The first-order valence-electron chi connectivity index (χ1n) is 12.5. The molecular weight excluding hydrogens is 532 g/mol. The molecule has 0 aromatic heterocycles. The second-order valence-corrected chi connectivity index (χ2v) is 9.78. The van der Waals surface area contributed by atoms with Crippen molar-refractivity contribution in [3.63, 3.8) is 0 Å². The van der Waals surface area contributed by atoms with E-state index in [0.717, 1.165) is 34.0 Å². The fourth-order valence-corrected chi connectivity index (χ4v) is 4.21. The smallest absolute Gasteiger partial charge is 0.261 e. The van der Waals surface area contributed by atoms with Crippen molar-refractivity contribution < 1.29 is 19.1 Å². The molecule has 0 aliphatic heterocycles. The highest BCUT2D eigenvalue weighted by Gasteiger charge is 2.30. The standard InChI is InChI=1S/C30H35BrN2O4/c1-4-5-16-32-30(35)28(19-23-10-7-6-8-11-23)33(20-24-12-9-13-25(18-24)36-3)29(34)21-37-26-14-15-27(31)22(2)17-26/h6-15,17-18,28H,4-5,16,19-21H2,1-3H3,(H,32,35)/t28-/m1/s1. The molecule has 37 heavy (non-hydrogen) atoms. The van der Waals surface area contributed by atoms with E-state index >= 15 is 0 Å². The maximum Gasteiger partial charge on any atom is 0.261 e. The Morgan fingerprint density at radius 3 is 2.43 bits per heavy atom. The Balaban J connectivity index is 1.90. The van der Waals surface area contributed by atoms with Crippen LogP contribution in [0.3, 0.4) is 0 Å². The number of carbonyl (C=O) groups excluding carboxylic acids is 2. The number of nitrogens with zero attached hydrogens (tertiary/aromatic N) is 1. The van der Waals surface area contributed by atoms with Gasteiger partial charge in [0, 0.05) is 24.0 Å². The van der Waals surface area contributed by atoms with Crippen LogP contribution in [0.2, 0.25) is 0 Å². The van der Waals surface area contributed by atoms with Crippen molar-refractivity contribution in [2.45, 2.75) is 45.7 Å². The average molecular weight is 568 g/mol. The molecule has 0 heterocycles. The highest BCUT2D eigenvalue weighted by Crippen LogP contribution is 2.22. The van der Waals surface area contributed by atoms with Gasteiger partial charge in [-0.05, 0) is 60.4 Å². The fourth-order valence-electron chi connectivity index (χ4n) is 3.96. The lowest BCUT2D eigenvalue weighted by Crippen LogP contribution is -2.51. The normalized spacial score (nSPS) is 11.5. The first-order chi connectivity index (χ1) is 17.9. The van der Waals surface area contributed by atoms with E-state index in [1.807, 2.05) is 79.7 Å². The summed E-state index contributed by atoms with van der Waals surface area (Å²) in [7, 11) is 1.61. The van der Waals surface area contributed by atoms with E-state index in [1.165, 1.54) is 0 Å². The number of unbranched alkanes of at least 4 members (excludes halogenated alkanes) is 1. The molecule has 1 atom stereocenters. The van der Waals surface area contributed by atoms with Crippen molar-refractivity contribution in [3.8, 4) is 11.5 Å². The monoisotopic (exact) mass is 566 g/mol. The van der Waals surface area contributed by atoms with Crippen LogP contribution in [0.5, 0.6) is 11.5 Å². The second kappa shape index (κ2) is 14.4. The Labute approximate surface area is 228 Å². The fraction of sp³-hybridized carbons (Fsp3) is 0.333. The first-order valence-corrected chi connectivity index (χ1v) is 13.3. The van der Waals surface area contributed by atoms with Crippen LogP contribution in [0.25, 0.3) is 0 Å². The number of hydrogen-bond donors (Lipinski definition) is 1. The van der Waals surface area contributed by atoms with Gasteiger partial charge in [0.1, 0.15) is 17.5 Å². The maximum atomic E-state index is 13.7. The van der Waals surface area contributed by atoms with E-state index in [9.17, 15) is 9.59 Å². The Bertz CT molecular complexity index is 1170. The van der Waals surface area contributed by atoms with Crippen molar-refractivity contribution >= 4 is 27.7 Å². The number of amides is 2. The van der Waals surface area contributed by atoms with Gasteiger partial charge in [-0.15, -0.1) is 0 Å². The van der Waals surface area contributed by atoms with E-state index in [-0.39, 0.29) is 25.0 Å². The summed E-state index contributed by atoms with van der Waals surface area (Å²) in [5, 5.41) is 3.03. The lowest BCUT2D eigenvalue weighted by atomic mass is 10.0. The van der Waals surface area contributed by atoms with Gasteiger partial charge < -0.3 is 19.7 Å². The van der Waals surface area contributed by atoms with Crippen LogP contribution in [0, 0.1) is 6.92 Å². The number of nitrogens with one attached hydrogen (secondary N) is 1. The van der Waals surface area contributed by atoms with Gasteiger partial charge in [0.2, 0.25) is 5.91 Å². The molecule has 0 saturated heterocycles. The maximum absolute atomic E-state index is 13.7. The van der Waals surface area contributed by atoms with Crippen molar-refractivity contribution in [2.75, 3.05) is 20.3 Å². The van der Waals surface area contributed by atoms with Crippen LogP contribution in [-0.2, 0) is 22.6 Å². The van der Waals surface area contributed by atoms with Crippen molar-refractivity contribution in [1.29, 1.82) is 0 Å². The summed E-state index contributed by atoms with van der Waals surface area (Å²) in [6, 6.07) is 22.2. The summed E-state index contributed by atoms with van der Waals surface area (Å²) in [6.45, 7) is 4.67. The van der Waals surface area contributed by atoms with Gasteiger partial charge in [0.15, 0.2) is 6.61 Å². The molecule has 3 aromatic carbocycles. The zero-order chi connectivity index (χ0) is 26.6. The molecule has 0 saturated carbocycles. The molecular formula is C30H35BrN2O4. The minimum absolute atomic E-state index is 0.173. The Kier molecular flexibility index (Phi) is 11.0. The minimum atomic E-state index is -0.701. The first kappa shape index (κ1) is 28.3. The lowest BCUT2D eigenvalue weighted by Gasteiger charge is -2.31. The van der Waals surface area contributed by atoms with Crippen LogP contribution in [-0.4, -0.2) is 43.0 Å². The number of ether oxygens (including phenoxy) is 2. The number of methoxy groups -OCH3 is 1. The quantitative estimate of drug-likeness (QED) is 0.269. The highest BCUT2D eigenvalue weighted by molar-refractivity contribution is 9.10. The van der Waals surface area contributed by atoms with Gasteiger partial charge in [0.05, 0.1) is 7.11 Å². The number of rotatable bonds is 13. The van der Waals surface area contributed by atoms with Crippen molar-refractivity contribution in [3.05, 3.63) is 94.0 Å². The van der Waals surface area contributed by atoms with Gasteiger partial charge >= 0.3 is 0 Å². The zero-order valence-electron chi connectivity index (χ0n) is 21.7. The van der Waals surface area contributed by atoms with Gasteiger partial charge in [-0.25, -0.2) is 0 Å². The number of hydrogen-bond acceptors (Lipinski definition) is 4. The van der Waals surface area contributed by atoms with E-state index in [0.29, 0.717) is 24.5 Å². The highest BCUT2D eigenvalue weighted by atomic mass is 79.9. The number of benzene rings is 3. The summed E-state index contributed by atoms with van der Waals surface area (Å²) in [5.74, 6) is 0.851. The third-order valence-corrected chi connectivity index (χ3v) is 6.97. The molecule has 1 N–H and O–H groups in total. The lowest BCUT2D eigenvalue weighted by molar-refractivity contribution is -0.142. The summed E-state index contributed by atoms with van der Waals surface area (Å²) in [5.41, 5.74) is 2.85. The molecule has 3 aromatic rings. The third-order valence-electron chi connectivity index (χ3n) is 6.08. The van der Waals surface area contributed by atoms with E-state index < -0.39 is 6.04 Å². The van der Waals surface area contributed by atoms with Crippen LogP contribution in [0.4, 0.5) is 0 Å². The average Bonchev–Trinajstić information content (AvgIpc) is 2.92. The molecule has 7 heteroatoms. The van der Waals surface area contributed by atoms with E-state index in [4.69, 9.17) is 9.47 Å². The second-order valence-electron chi connectivity index (χ2n) is 8.92. The van der Waals surface area contributed by atoms with Crippen LogP contribution in [0.1, 0.15) is 36.5 Å². The van der Waals surface area contributed by atoms with Crippen LogP contribution >= 0.6 is 15.9 Å². The van der Waals surface area contributed by atoms with Crippen molar-refractivity contribution in [1.82, 2.24) is 10.2 Å². The van der Waals surface area contributed by atoms with E-state index in [1.54, 1.807) is 12.0 Å². The topological polar surface area (TPSA) is 67.9 Å². The van der Waals surface area contributed by atoms with E-state index in [2.05, 4.69) is 28.2 Å². The largest absolute Gasteiger partial charge is 0.497 e. The zero-order valence-corrected chi connectivity index (χ0v) is 23.3. The predicted molar refractivity (Wildman–Crippen MR) is 150 cm³/mol. The molecule has 0 radical (unpaired) electrons. The molecule has 2 amide bonds. The van der Waals surface area contributed by atoms with Crippen LogP contribution in [0.15, 0.2) is 77.3 Å². The van der Waals surface area contributed by atoms with Gasteiger partial charge in [-0.1, -0.05) is 71.7 Å². The molecule has 0 bridgehead atoms.